The zero-order valence-corrected chi connectivity index (χ0v) is 13.0. The maximum absolute atomic E-state index is 12.7. The Balaban J connectivity index is 1.87. The van der Waals surface area contributed by atoms with E-state index in [1.807, 2.05) is 4.90 Å². The van der Waals surface area contributed by atoms with Crippen molar-refractivity contribution in [3.05, 3.63) is 59.3 Å². The lowest BCUT2D eigenvalue weighted by molar-refractivity contribution is -0.137. The zero-order chi connectivity index (χ0) is 18.0. The number of anilines is 1. The van der Waals surface area contributed by atoms with Crippen LogP contribution in [0.4, 0.5) is 19.0 Å². The second-order valence-corrected chi connectivity index (χ2v) is 5.61. The third-order valence-electron chi connectivity index (χ3n) is 4.04. The summed E-state index contributed by atoms with van der Waals surface area (Å²) in [4.78, 5) is 17.0. The molecule has 0 radical (unpaired) electrons. The number of carboxylic acid groups (broad SMARTS) is 1. The number of ether oxygens (including phenoxy) is 1. The molecule has 0 aliphatic carbocycles. The number of hydrogen-bond donors (Lipinski definition) is 1. The Morgan fingerprint density at radius 2 is 1.92 bits per heavy atom. The average molecular weight is 352 g/mol. The summed E-state index contributed by atoms with van der Waals surface area (Å²) < 4.78 is 43.6. The van der Waals surface area contributed by atoms with E-state index in [0.717, 1.165) is 12.1 Å². The Kier molecular flexibility index (Phi) is 4.63. The van der Waals surface area contributed by atoms with Crippen LogP contribution in [-0.4, -0.2) is 35.8 Å². The van der Waals surface area contributed by atoms with Gasteiger partial charge in [-0.25, -0.2) is 9.78 Å². The van der Waals surface area contributed by atoms with Gasteiger partial charge < -0.3 is 14.7 Å². The van der Waals surface area contributed by atoms with Crippen LogP contribution in [0.2, 0.25) is 0 Å². The fraction of sp³-hybridized carbons (Fsp3) is 0.294. The molecule has 1 N–H and O–H groups in total. The van der Waals surface area contributed by atoms with Crippen molar-refractivity contribution in [2.75, 3.05) is 24.7 Å². The number of aromatic carboxylic acids is 1. The molecule has 1 aliphatic rings. The first-order valence-electron chi connectivity index (χ1n) is 7.57. The zero-order valence-electron chi connectivity index (χ0n) is 13.0. The van der Waals surface area contributed by atoms with E-state index in [2.05, 4.69) is 4.98 Å². The SMILES string of the molecule is O=C(O)c1ccc(N2CCOCC2c2ccc(C(F)(F)F)cc2)nc1. The molecule has 0 spiro atoms. The van der Waals surface area contributed by atoms with Gasteiger partial charge in [-0.1, -0.05) is 12.1 Å². The molecule has 1 unspecified atom stereocenters. The van der Waals surface area contributed by atoms with Crippen LogP contribution < -0.4 is 4.90 Å². The van der Waals surface area contributed by atoms with E-state index in [1.54, 1.807) is 6.07 Å². The van der Waals surface area contributed by atoms with Crippen molar-refractivity contribution >= 4 is 11.8 Å². The highest BCUT2D eigenvalue weighted by Crippen LogP contribution is 2.33. The summed E-state index contributed by atoms with van der Waals surface area (Å²) in [6, 6.07) is 7.70. The highest BCUT2D eigenvalue weighted by molar-refractivity contribution is 5.87. The molecular formula is C17H15F3N2O3. The summed E-state index contributed by atoms with van der Waals surface area (Å²) in [6.07, 6.45) is -3.12. The number of carbonyl (C=O) groups is 1. The number of morpholine rings is 1. The van der Waals surface area contributed by atoms with E-state index in [-0.39, 0.29) is 11.6 Å². The Labute approximate surface area is 141 Å². The normalized spacial score (nSPS) is 18.2. The van der Waals surface area contributed by atoms with Crippen LogP contribution in [0.25, 0.3) is 0 Å². The molecule has 0 bridgehead atoms. The summed E-state index contributed by atoms with van der Waals surface area (Å²) in [5.41, 5.74) is 0.0448. The Morgan fingerprint density at radius 1 is 1.20 bits per heavy atom. The van der Waals surface area contributed by atoms with Crippen molar-refractivity contribution < 1.29 is 27.8 Å². The number of pyridine rings is 1. The lowest BCUT2D eigenvalue weighted by Gasteiger charge is -2.37. The van der Waals surface area contributed by atoms with E-state index < -0.39 is 17.7 Å². The van der Waals surface area contributed by atoms with Crippen LogP contribution in [0, 0.1) is 0 Å². The average Bonchev–Trinajstić information content (AvgIpc) is 2.61. The molecule has 8 heteroatoms. The Bertz CT molecular complexity index is 745. The molecule has 0 saturated carbocycles. The number of halogens is 3. The lowest BCUT2D eigenvalue weighted by Crippen LogP contribution is -2.40. The highest BCUT2D eigenvalue weighted by atomic mass is 19.4. The van der Waals surface area contributed by atoms with Gasteiger partial charge >= 0.3 is 12.1 Å². The fourth-order valence-corrected chi connectivity index (χ4v) is 2.73. The predicted octanol–water partition coefficient (Wildman–Crippen LogP) is 3.38. The van der Waals surface area contributed by atoms with Crippen molar-refractivity contribution in [1.82, 2.24) is 4.98 Å². The molecule has 1 aromatic carbocycles. The van der Waals surface area contributed by atoms with E-state index in [9.17, 15) is 18.0 Å². The summed E-state index contributed by atoms with van der Waals surface area (Å²) in [5, 5.41) is 8.94. The van der Waals surface area contributed by atoms with Crippen LogP contribution in [0.5, 0.6) is 0 Å². The smallest absolute Gasteiger partial charge is 0.416 e. The number of benzene rings is 1. The number of nitrogens with zero attached hydrogens (tertiary/aromatic N) is 2. The van der Waals surface area contributed by atoms with Crippen LogP contribution in [0.1, 0.15) is 27.5 Å². The molecule has 132 valence electrons. The van der Waals surface area contributed by atoms with E-state index in [0.29, 0.717) is 31.1 Å². The topological polar surface area (TPSA) is 62.7 Å². The van der Waals surface area contributed by atoms with Gasteiger partial charge in [0, 0.05) is 12.7 Å². The number of rotatable bonds is 3. The first-order valence-corrected chi connectivity index (χ1v) is 7.57. The third kappa shape index (κ3) is 3.74. The molecule has 1 fully saturated rings. The van der Waals surface area contributed by atoms with Gasteiger partial charge in [0.2, 0.25) is 0 Å². The highest BCUT2D eigenvalue weighted by Gasteiger charge is 2.31. The number of aromatic nitrogens is 1. The number of carboxylic acids is 1. The van der Waals surface area contributed by atoms with Gasteiger partial charge in [0.05, 0.1) is 30.4 Å². The molecule has 2 aromatic rings. The number of hydrogen-bond acceptors (Lipinski definition) is 4. The minimum atomic E-state index is -4.38. The minimum Gasteiger partial charge on any atom is -0.478 e. The van der Waals surface area contributed by atoms with Gasteiger partial charge in [-0.15, -0.1) is 0 Å². The monoisotopic (exact) mass is 352 g/mol. The largest absolute Gasteiger partial charge is 0.478 e. The molecule has 5 nitrogen and oxygen atoms in total. The Morgan fingerprint density at radius 3 is 2.48 bits per heavy atom. The second-order valence-electron chi connectivity index (χ2n) is 5.61. The quantitative estimate of drug-likeness (QED) is 0.918. The van der Waals surface area contributed by atoms with Crippen molar-refractivity contribution in [3.63, 3.8) is 0 Å². The lowest BCUT2D eigenvalue weighted by atomic mass is 10.0. The van der Waals surface area contributed by atoms with Gasteiger partial charge in [-0.2, -0.15) is 13.2 Å². The fourth-order valence-electron chi connectivity index (χ4n) is 2.73. The van der Waals surface area contributed by atoms with Crippen LogP contribution in [0.3, 0.4) is 0 Å². The standard InChI is InChI=1S/C17H15F3N2O3/c18-17(19,20)13-4-1-11(2-5-13)14-10-25-8-7-22(14)15-6-3-12(9-21-15)16(23)24/h1-6,9,14H,7-8,10H2,(H,23,24). The van der Waals surface area contributed by atoms with E-state index >= 15 is 0 Å². The third-order valence-corrected chi connectivity index (χ3v) is 4.04. The Hall–Kier alpha value is -2.61. The summed E-state index contributed by atoms with van der Waals surface area (Å²) >= 11 is 0. The maximum atomic E-state index is 12.7. The van der Waals surface area contributed by atoms with Gasteiger partial charge in [-0.3, -0.25) is 0 Å². The molecule has 0 amide bonds. The van der Waals surface area contributed by atoms with Gasteiger partial charge in [0.1, 0.15) is 5.82 Å². The van der Waals surface area contributed by atoms with Crippen molar-refractivity contribution in [1.29, 1.82) is 0 Å². The number of alkyl halides is 3. The molecule has 1 atom stereocenters. The van der Waals surface area contributed by atoms with Crippen molar-refractivity contribution in [3.8, 4) is 0 Å². The van der Waals surface area contributed by atoms with E-state index in [4.69, 9.17) is 9.84 Å². The summed E-state index contributed by atoms with van der Waals surface area (Å²) in [5.74, 6) is -0.515. The maximum Gasteiger partial charge on any atom is 0.416 e. The molecule has 2 heterocycles. The van der Waals surface area contributed by atoms with Crippen molar-refractivity contribution in [2.24, 2.45) is 0 Å². The van der Waals surface area contributed by atoms with Gasteiger partial charge in [0.25, 0.3) is 0 Å². The first kappa shape index (κ1) is 17.2. The van der Waals surface area contributed by atoms with Crippen LogP contribution >= 0.6 is 0 Å². The molecule has 3 rings (SSSR count). The molecule has 25 heavy (non-hydrogen) atoms. The second kappa shape index (κ2) is 6.72. The molecule has 1 aliphatic heterocycles. The summed E-state index contributed by atoms with van der Waals surface area (Å²) in [7, 11) is 0. The predicted molar refractivity (Wildman–Crippen MR) is 83.5 cm³/mol. The molecular weight excluding hydrogens is 337 g/mol. The molecule has 1 saturated heterocycles. The minimum absolute atomic E-state index is 0.0723. The van der Waals surface area contributed by atoms with Crippen LogP contribution in [0.15, 0.2) is 42.6 Å². The van der Waals surface area contributed by atoms with Gasteiger partial charge in [-0.05, 0) is 29.8 Å². The first-order chi connectivity index (χ1) is 11.9. The van der Waals surface area contributed by atoms with Crippen molar-refractivity contribution in [2.45, 2.75) is 12.2 Å². The van der Waals surface area contributed by atoms with Gasteiger partial charge in [0.15, 0.2) is 0 Å². The summed E-state index contributed by atoms with van der Waals surface area (Å²) in [6.45, 7) is 1.28. The van der Waals surface area contributed by atoms with Crippen LogP contribution in [-0.2, 0) is 10.9 Å². The van der Waals surface area contributed by atoms with E-state index in [1.165, 1.54) is 24.4 Å². The molecule has 1 aromatic heterocycles.